The van der Waals surface area contributed by atoms with Crippen LogP contribution in [-0.4, -0.2) is 40.8 Å². The number of nitrogens with one attached hydrogen (secondary N) is 2. The van der Waals surface area contributed by atoms with Crippen molar-refractivity contribution < 1.29 is 19.4 Å². The quantitative estimate of drug-likeness (QED) is 0.739. The highest BCUT2D eigenvalue weighted by Crippen LogP contribution is 2.23. The Morgan fingerprint density at radius 3 is 2.76 bits per heavy atom. The van der Waals surface area contributed by atoms with Crippen molar-refractivity contribution in [2.24, 2.45) is 0 Å². The molecular formula is C13H19N3O4S. The monoisotopic (exact) mass is 313 g/mol. The van der Waals surface area contributed by atoms with E-state index in [-0.39, 0.29) is 29.6 Å². The molecule has 0 radical (unpaired) electrons. The highest BCUT2D eigenvalue weighted by molar-refractivity contribution is 7.13. The maximum Gasteiger partial charge on any atom is 0.347 e. The standard InChI is InChI=1S/C13H19N3O4S/c1-3-20-9-4-8(5-9)16-13(19)14-6-10-15-7(2)11(21-10)12(17)18/h8-9H,3-6H2,1-2H3,(H,17,18)(H2,14,16,19). The lowest BCUT2D eigenvalue weighted by atomic mass is 9.89. The van der Waals surface area contributed by atoms with Gasteiger partial charge in [-0.05, 0) is 26.7 Å². The predicted octanol–water partition coefficient (Wildman–Crippen LogP) is 1.52. The molecule has 2 amide bonds. The van der Waals surface area contributed by atoms with E-state index in [9.17, 15) is 9.59 Å². The van der Waals surface area contributed by atoms with Crippen molar-refractivity contribution in [2.75, 3.05) is 6.61 Å². The van der Waals surface area contributed by atoms with Crippen molar-refractivity contribution in [2.45, 2.75) is 45.4 Å². The largest absolute Gasteiger partial charge is 0.477 e. The Morgan fingerprint density at radius 1 is 1.48 bits per heavy atom. The summed E-state index contributed by atoms with van der Waals surface area (Å²) in [6, 6.07) is -0.117. The second-order valence-electron chi connectivity index (χ2n) is 4.90. The molecule has 0 spiro atoms. The van der Waals surface area contributed by atoms with E-state index >= 15 is 0 Å². The van der Waals surface area contributed by atoms with Gasteiger partial charge in [0.05, 0.1) is 18.3 Å². The van der Waals surface area contributed by atoms with E-state index in [0.29, 0.717) is 17.3 Å². The number of rotatable bonds is 6. The molecule has 0 bridgehead atoms. The van der Waals surface area contributed by atoms with E-state index in [1.807, 2.05) is 6.92 Å². The highest BCUT2D eigenvalue weighted by Gasteiger charge is 2.30. The number of hydrogen-bond donors (Lipinski definition) is 3. The van der Waals surface area contributed by atoms with Crippen LogP contribution in [0.15, 0.2) is 0 Å². The lowest BCUT2D eigenvalue weighted by Gasteiger charge is -2.35. The summed E-state index contributed by atoms with van der Waals surface area (Å²) in [6.45, 7) is 4.52. The molecule has 0 atom stereocenters. The molecule has 116 valence electrons. The number of hydrogen-bond acceptors (Lipinski definition) is 5. The summed E-state index contributed by atoms with van der Waals surface area (Å²) in [6.07, 6.45) is 1.92. The van der Waals surface area contributed by atoms with Crippen LogP contribution >= 0.6 is 11.3 Å². The number of aromatic nitrogens is 1. The van der Waals surface area contributed by atoms with E-state index in [1.54, 1.807) is 6.92 Å². The number of carboxylic acid groups (broad SMARTS) is 1. The van der Waals surface area contributed by atoms with Gasteiger partial charge in [-0.2, -0.15) is 0 Å². The maximum atomic E-state index is 11.7. The number of urea groups is 1. The van der Waals surface area contributed by atoms with Crippen LogP contribution in [0.3, 0.4) is 0 Å². The lowest BCUT2D eigenvalue weighted by Crippen LogP contribution is -2.50. The molecule has 1 aromatic rings. The lowest BCUT2D eigenvalue weighted by molar-refractivity contribution is -0.00709. The molecule has 0 unspecified atom stereocenters. The third kappa shape index (κ3) is 4.15. The van der Waals surface area contributed by atoms with Crippen molar-refractivity contribution in [3.05, 3.63) is 15.6 Å². The Kier molecular flexibility index (Phi) is 5.13. The molecule has 7 nitrogen and oxygen atoms in total. The maximum absolute atomic E-state index is 11.7. The number of ether oxygens (including phenoxy) is 1. The molecular weight excluding hydrogens is 294 g/mol. The Bertz CT molecular complexity index is 525. The zero-order valence-electron chi connectivity index (χ0n) is 12.0. The summed E-state index contributed by atoms with van der Waals surface area (Å²) in [5.74, 6) is -0.989. The number of aryl methyl sites for hydroxylation is 1. The van der Waals surface area contributed by atoms with E-state index in [1.165, 1.54) is 0 Å². The van der Waals surface area contributed by atoms with Gasteiger partial charge >= 0.3 is 12.0 Å². The van der Waals surface area contributed by atoms with Crippen LogP contribution in [0, 0.1) is 6.92 Å². The molecule has 1 fully saturated rings. The first kappa shape index (κ1) is 15.7. The first-order valence-electron chi connectivity index (χ1n) is 6.85. The molecule has 0 aliphatic heterocycles. The number of aromatic carboxylic acids is 1. The Labute approximate surface area is 126 Å². The summed E-state index contributed by atoms with van der Waals surface area (Å²) >= 11 is 1.08. The Hall–Kier alpha value is -1.67. The summed E-state index contributed by atoms with van der Waals surface area (Å²) in [4.78, 5) is 27.0. The smallest absolute Gasteiger partial charge is 0.347 e. The van der Waals surface area contributed by atoms with Gasteiger partial charge in [0.25, 0.3) is 0 Å². The molecule has 0 aromatic carbocycles. The molecule has 3 N–H and O–H groups in total. The number of carbonyl (C=O) groups is 2. The minimum atomic E-state index is -0.989. The molecule has 21 heavy (non-hydrogen) atoms. The van der Waals surface area contributed by atoms with Gasteiger partial charge in [0.1, 0.15) is 9.88 Å². The van der Waals surface area contributed by atoms with Gasteiger partial charge in [-0.3, -0.25) is 0 Å². The fourth-order valence-electron chi connectivity index (χ4n) is 2.17. The predicted molar refractivity (Wildman–Crippen MR) is 77.6 cm³/mol. The van der Waals surface area contributed by atoms with Gasteiger partial charge in [-0.15, -0.1) is 11.3 Å². The number of thiazole rings is 1. The van der Waals surface area contributed by atoms with Crippen LogP contribution in [0.1, 0.15) is 40.1 Å². The van der Waals surface area contributed by atoms with E-state index in [2.05, 4.69) is 15.6 Å². The summed E-state index contributed by atoms with van der Waals surface area (Å²) in [5, 5.41) is 15.1. The van der Waals surface area contributed by atoms with Gasteiger partial charge in [0.2, 0.25) is 0 Å². The summed E-state index contributed by atoms with van der Waals surface area (Å²) < 4.78 is 5.42. The fraction of sp³-hybridized carbons (Fsp3) is 0.615. The molecule has 1 saturated carbocycles. The topological polar surface area (TPSA) is 101 Å². The third-order valence-corrected chi connectivity index (χ3v) is 4.41. The van der Waals surface area contributed by atoms with Crippen molar-refractivity contribution in [1.29, 1.82) is 0 Å². The number of amides is 2. The van der Waals surface area contributed by atoms with Gasteiger partial charge in [-0.25, -0.2) is 14.6 Å². The van der Waals surface area contributed by atoms with Crippen molar-refractivity contribution in [3.63, 3.8) is 0 Å². The summed E-state index contributed by atoms with van der Waals surface area (Å²) in [7, 11) is 0. The summed E-state index contributed by atoms with van der Waals surface area (Å²) in [5.41, 5.74) is 0.475. The van der Waals surface area contributed by atoms with E-state index < -0.39 is 5.97 Å². The minimum Gasteiger partial charge on any atom is -0.477 e. The second kappa shape index (κ2) is 6.86. The average Bonchev–Trinajstić information content (AvgIpc) is 2.75. The molecule has 1 aliphatic rings. The number of carboxylic acids is 1. The first-order valence-corrected chi connectivity index (χ1v) is 7.66. The van der Waals surface area contributed by atoms with Crippen LogP contribution in [0.4, 0.5) is 4.79 Å². The van der Waals surface area contributed by atoms with Crippen LogP contribution in [0.2, 0.25) is 0 Å². The van der Waals surface area contributed by atoms with Gasteiger partial charge in [0, 0.05) is 12.6 Å². The number of carbonyl (C=O) groups excluding carboxylic acids is 1. The normalized spacial score (nSPS) is 20.7. The first-order chi connectivity index (χ1) is 9.99. The van der Waals surface area contributed by atoms with Crippen LogP contribution in [0.25, 0.3) is 0 Å². The molecule has 8 heteroatoms. The molecule has 2 rings (SSSR count). The Balaban J connectivity index is 1.72. The average molecular weight is 313 g/mol. The van der Waals surface area contributed by atoms with Crippen molar-refractivity contribution in [3.8, 4) is 0 Å². The Morgan fingerprint density at radius 2 is 2.19 bits per heavy atom. The molecule has 1 aromatic heterocycles. The third-order valence-electron chi connectivity index (χ3n) is 3.27. The van der Waals surface area contributed by atoms with Gasteiger partial charge in [0.15, 0.2) is 0 Å². The SMILES string of the molecule is CCOC1CC(NC(=O)NCc2nc(C)c(C(=O)O)s2)C1. The van der Waals surface area contributed by atoms with Crippen molar-refractivity contribution >= 4 is 23.3 Å². The fourth-order valence-corrected chi connectivity index (χ4v) is 3.02. The van der Waals surface area contributed by atoms with E-state index in [4.69, 9.17) is 9.84 Å². The zero-order chi connectivity index (χ0) is 15.4. The molecule has 1 heterocycles. The molecule has 1 aliphatic carbocycles. The zero-order valence-corrected chi connectivity index (χ0v) is 12.8. The highest BCUT2D eigenvalue weighted by atomic mass is 32.1. The second-order valence-corrected chi connectivity index (χ2v) is 5.98. The molecule has 0 saturated heterocycles. The number of nitrogens with zero attached hydrogens (tertiary/aromatic N) is 1. The van der Waals surface area contributed by atoms with Gasteiger partial charge < -0.3 is 20.5 Å². The van der Waals surface area contributed by atoms with Crippen LogP contribution in [-0.2, 0) is 11.3 Å². The van der Waals surface area contributed by atoms with Crippen molar-refractivity contribution in [1.82, 2.24) is 15.6 Å². The minimum absolute atomic E-state index is 0.147. The van der Waals surface area contributed by atoms with Crippen LogP contribution < -0.4 is 10.6 Å². The van der Waals surface area contributed by atoms with Gasteiger partial charge in [-0.1, -0.05) is 0 Å². The van der Waals surface area contributed by atoms with Crippen LogP contribution in [0.5, 0.6) is 0 Å². The van der Waals surface area contributed by atoms with E-state index in [0.717, 1.165) is 24.2 Å².